The summed E-state index contributed by atoms with van der Waals surface area (Å²) >= 11 is 0. The van der Waals surface area contributed by atoms with Crippen LogP contribution in [0.5, 0.6) is 0 Å². The summed E-state index contributed by atoms with van der Waals surface area (Å²) < 4.78 is 14.5. The van der Waals surface area contributed by atoms with Gasteiger partial charge >= 0.3 is 0 Å². The number of hydrogen-bond acceptors (Lipinski definition) is 3. The van der Waals surface area contributed by atoms with Gasteiger partial charge in [0.25, 0.3) is 0 Å². The monoisotopic (exact) mass is 217 g/mol. The van der Waals surface area contributed by atoms with Gasteiger partial charge in [0.1, 0.15) is 5.82 Å². The zero-order chi connectivity index (χ0) is 11.5. The van der Waals surface area contributed by atoms with Crippen molar-refractivity contribution in [3.05, 3.63) is 40.4 Å². The number of halogens is 1. The number of benzene rings is 1. The van der Waals surface area contributed by atoms with Crippen molar-refractivity contribution in [2.75, 3.05) is 0 Å². The molecule has 0 aliphatic heterocycles. The highest BCUT2D eigenvalue weighted by Crippen LogP contribution is 2.10. The molecule has 0 bridgehead atoms. The van der Waals surface area contributed by atoms with Crippen LogP contribution in [0, 0.1) is 17.1 Å². The van der Waals surface area contributed by atoms with E-state index in [2.05, 4.69) is 5.10 Å². The minimum atomic E-state index is -0.456. The van der Waals surface area contributed by atoms with Gasteiger partial charge in [0.2, 0.25) is 5.43 Å². The minimum Gasteiger partial charge on any atom is -0.287 e. The lowest BCUT2D eigenvalue weighted by molar-refractivity contribution is 0.621. The summed E-state index contributed by atoms with van der Waals surface area (Å²) in [6.07, 6.45) is 1.43. The van der Waals surface area contributed by atoms with E-state index in [0.29, 0.717) is 18.5 Å². The number of nitriles is 1. The third-order valence-corrected chi connectivity index (χ3v) is 2.25. The molecule has 5 heteroatoms. The SMILES string of the molecule is N#CCCn1ncc(=O)c2cc(F)ccc21. The Balaban J connectivity index is 2.65. The van der Waals surface area contributed by atoms with E-state index in [-0.39, 0.29) is 10.8 Å². The van der Waals surface area contributed by atoms with E-state index < -0.39 is 5.82 Å². The Labute approximate surface area is 90.5 Å². The van der Waals surface area contributed by atoms with Crippen molar-refractivity contribution in [3.8, 4) is 6.07 Å². The summed E-state index contributed by atoms with van der Waals surface area (Å²) in [6, 6.07) is 5.94. The van der Waals surface area contributed by atoms with Crippen LogP contribution in [0.4, 0.5) is 4.39 Å². The Hall–Kier alpha value is -2.22. The van der Waals surface area contributed by atoms with E-state index in [4.69, 9.17) is 5.26 Å². The first-order valence-electron chi connectivity index (χ1n) is 4.75. The first kappa shape index (κ1) is 10.3. The van der Waals surface area contributed by atoms with E-state index in [1.54, 1.807) is 0 Å². The van der Waals surface area contributed by atoms with Crippen molar-refractivity contribution < 1.29 is 4.39 Å². The summed E-state index contributed by atoms with van der Waals surface area (Å²) in [5.74, 6) is -0.456. The van der Waals surface area contributed by atoms with Gasteiger partial charge in [0.05, 0.1) is 36.1 Å². The Morgan fingerprint density at radius 1 is 1.50 bits per heavy atom. The van der Waals surface area contributed by atoms with Crippen LogP contribution in [0.3, 0.4) is 0 Å². The third-order valence-electron chi connectivity index (χ3n) is 2.25. The van der Waals surface area contributed by atoms with Crippen molar-refractivity contribution >= 4 is 10.9 Å². The van der Waals surface area contributed by atoms with Gasteiger partial charge in [-0.25, -0.2) is 4.39 Å². The van der Waals surface area contributed by atoms with Crippen molar-refractivity contribution in [2.45, 2.75) is 13.0 Å². The number of rotatable bonds is 2. The van der Waals surface area contributed by atoms with Gasteiger partial charge in [-0.2, -0.15) is 10.4 Å². The molecular weight excluding hydrogens is 209 g/mol. The molecule has 0 amide bonds. The molecular formula is C11H8FN3O. The van der Waals surface area contributed by atoms with E-state index >= 15 is 0 Å². The summed E-state index contributed by atoms with van der Waals surface area (Å²) in [7, 11) is 0. The molecule has 0 saturated heterocycles. The van der Waals surface area contributed by atoms with Gasteiger partial charge in [0, 0.05) is 0 Å². The molecule has 0 unspecified atom stereocenters. The second-order valence-corrected chi connectivity index (χ2v) is 3.30. The largest absolute Gasteiger partial charge is 0.287 e. The Bertz CT molecular complexity index is 627. The molecule has 0 N–H and O–H groups in total. The fourth-order valence-electron chi connectivity index (χ4n) is 1.52. The highest BCUT2D eigenvalue weighted by atomic mass is 19.1. The molecule has 4 nitrogen and oxygen atoms in total. The molecule has 1 heterocycles. The van der Waals surface area contributed by atoms with Crippen LogP contribution >= 0.6 is 0 Å². The van der Waals surface area contributed by atoms with Crippen LogP contribution < -0.4 is 5.43 Å². The molecule has 16 heavy (non-hydrogen) atoms. The van der Waals surface area contributed by atoms with Gasteiger partial charge < -0.3 is 0 Å². The maximum atomic E-state index is 13.0. The van der Waals surface area contributed by atoms with Crippen LogP contribution in [0.25, 0.3) is 10.9 Å². The van der Waals surface area contributed by atoms with Crippen molar-refractivity contribution in [2.24, 2.45) is 0 Å². The Morgan fingerprint density at radius 2 is 2.31 bits per heavy atom. The average molecular weight is 217 g/mol. The predicted octanol–water partition coefficient (Wildman–Crippen LogP) is 1.45. The van der Waals surface area contributed by atoms with Gasteiger partial charge in [-0.05, 0) is 18.2 Å². The Morgan fingerprint density at radius 3 is 3.06 bits per heavy atom. The molecule has 0 saturated carbocycles. The van der Waals surface area contributed by atoms with E-state index in [0.717, 1.165) is 6.20 Å². The van der Waals surface area contributed by atoms with Crippen LogP contribution in [0.2, 0.25) is 0 Å². The zero-order valence-electron chi connectivity index (χ0n) is 8.35. The van der Waals surface area contributed by atoms with Crippen molar-refractivity contribution in [1.29, 1.82) is 5.26 Å². The van der Waals surface area contributed by atoms with Crippen molar-refractivity contribution in [3.63, 3.8) is 0 Å². The van der Waals surface area contributed by atoms with E-state index in [1.807, 2.05) is 6.07 Å². The number of hydrogen-bond donors (Lipinski definition) is 0. The van der Waals surface area contributed by atoms with Crippen LogP contribution in [0.15, 0.2) is 29.2 Å². The molecule has 0 aliphatic carbocycles. The normalized spacial score (nSPS) is 10.2. The maximum absolute atomic E-state index is 13.0. The summed E-state index contributed by atoms with van der Waals surface area (Å²) in [6.45, 7) is 0.388. The van der Waals surface area contributed by atoms with Gasteiger partial charge in [-0.3, -0.25) is 9.48 Å². The second kappa shape index (κ2) is 4.11. The van der Waals surface area contributed by atoms with Crippen LogP contribution in [-0.4, -0.2) is 9.78 Å². The lowest BCUT2D eigenvalue weighted by Gasteiger charge is -2.06. The minimum absolute atomic E-state index is 0.285. The molecule has 80 valence electrons. The van der Waals surface area contributed by atoms with E-state index in [1.165, 1.54) is 22.9 Å². The van der Waals surface area contributed by atoms with Gasteiger partial charge in [-0.1, -0.05) is 0 Å². The quantitative estimate of drug-likeness (QED) is 0.764. The number of aryl methyl sites for hydroxylation is 1. The molecule has 1 aromatic heterocycles. The number of aromatic nitrogens is 2. The zero-order valence-corrected chi connectivity index (χ0v) is 8.35. The fourth-order valence-corrected chi connectivity index (χ4v) is 1.52. The van der Waals surface area contributed by atoms with Gasteiger partial charge in [0.15, 0.2) is 0 Å². The standard InChI is InChI=1S/C11H8FN3O/c12-8-2-3-10-9(6-8)11(16)7-14-15(10)5-1-4-13/h2-3,6-7H,1,5H2. The topological polar surface area (TPSA) is 58.7 Å². The molecule has 2 aromatic rings. The first-order valence-corrected chi connectivity index (χ1v) is 4.75. The predicted molar refractivity (Wildman–Crippen MR) is 56.2 cm³/mol. The molecule has 0 fully saturated rings. The third kappa shape index (κ3) is 1.77. The fraction of sp³-hybridized carbons (Fsp3) is 0.182. The van der Waals surface area contributed by atoms with Gasteiger partial charge in [-0.15, -0.1) is 0 Å². The lowest BCUT2D eigenvalue weighted by atomic mass is 10.2. The summed E-state index contributed by atoms with van der Waals surface area (Å²) in [4.78, 5) is 11.4. The number of nitrogens with zero attached hydrogens (tertiary/aromatic N) is 3. The summed E-state index contributed by atoms with van der Waals surface area (Å²) in [5.41, 5.74) is 0.229. The smallest absolute Gasteiger partial charge is 0.208 e. The maximum Gasteiger partial charge on any atom is 0.208 e. The molecule has 2 rings (SSSR count). The lowest BCUT2D eigenvalue weighted by Crippen LogP contribution is -2.12. The summed E-state index contributed by atoms with van der Waals surface area (Å²) in [5, 5.41) is 12.7. The molecule has 0 atom stereocenters. The second-order valence-electron chi connectivity index (χ2n) is 3.30. The highest BCUT2D eigenvalue weighted by molar-refractivity contribution is 5.78. The average Bonchev–Trinajstić information content (AvgIpc) is 2.29. The first-order chi connectivity index (χ1) is 7.72. The van der Waals surface area contributed by atoms with Crippen LogP contribution in [-0.2, 0) is 6.54 Å². The molecule has 1 aromatic carbocycles. The number of fused-ring (bicyclic) bond motifs is 1. The molecule has 0 radical (unpaired) electrons. The van der Waals surface area contributed by atoms with Crippen LogP contribution in [0.1, 0.15) is 6.42 Å². The molecule has 0 aliphatic rings. The van der Waals surface area contributed by atoms with Crippen molar-refractivity contribution in [1.82, 2.24) is 9.78 Å². The highest BCUT2D eigenvalue weighted by Gasteiger charge is 2.04. The Kier molecular flexibility index (Phi) is 2.64. The molecule has 0 spiro atoms. The van der Waals surface area contributed by atoms with E-state index in [9.17, 15) is 9.18 Å².